The van der Waals surface area contributed by atoms with E-state index in [0.717, 1.165) is 31.1 Å². The molecule has 2 heterocycles. The lowest BCUT2D eigenvalue weighted by Gasteiger charge is -2.32. The fraction of sp³-hybridized carbons (Fsp3) is 0.545. The number of hydrogen-bond acceptors (Lipinski definition) is 7. The molecule has 8 heteroatoms. The topological polar surface area (TPSA) is 72.9 Å². The first-order valence-corrected chi connectivity index (χ1v) is 11.5. The van der Waals surface area contributed by atoms with Crippen LogP contribution in [-0.2, 0) is 0 Å². The van der Waals surface area contributed by atoms with Crippen LogP contribution in [0.4, 0.5) is 5.13 Å². The van der Waals surface area contributed by atoms with Crippen LogP contribution < -0.4 is 24.4 Å². The predicted octanol–water partition coefficient (Wildman–Crippen LogP) is 3.99. The van der Waals surface area contributed by atoms with Gasteiger partial charge in [-0.15, -0.1) is 11.3 Å². The van der Waals surface area contributed by atoms with Crippen molar-refractivity contribution >= 4 is 22.4 Å². The molecule has 7 nitrogen and oxygen atoms in total. The molecule has 1 aromatic carbocycles. The van der Waals surface area contributed by atoms with Gasteiger partial charge in [0.25, 0.3) is 5.91 Å². The monoisotopic (exact) mass is 433 g/mol. The number of thiazole rings is 1. The van der Waals surface area contributed by atoms with E-state index in [0.29, 0.717) is 55.1 Å². The summed E-state index contributed by atoms with van der Waals surface area (Å²) in [5, 5.41) is 6.14. The van der Waals surface area contributed by atoms with E-state index in [1.165, 1.54) is 0 Å². The first-order valence-electron chi connectivity index (χ1n) is 10.6. The number of amides is 1. The molecule has 0 radical (unpaired) electrons. The molecular weight excluding hydrogens is 402 g/mol. The summed E-state index contributed by atoms with van der Waals surface area (Å²) in [7, 11) is 0. The van der Waals surface area contributed by atoms with Gasteiger partial charge in [0.05, 0.1) is 19.8 Å². The standard InChI is InChI=1S/C22H31N3O4S/c1-4-27-18-12-17(13-19(28-5-2)20(18)29-6-3)21(26)24-14-16-8-7-10-25(15-16)22-23-9-11-30-22/h9,11-13,16H,4-8,10,14-15H2,1-3H3,(H,24,26)/t16-/m0/s1. The summed E-state index contributed by atoms with van der Waals surface area (Å²) in [6.45, 7) is 9.71. The molecule has 1 amide bonds. The van der Waals surface area contributed by atoms with Crippen molar-refractivity contribution in [2.75, 3.05) is 44.4 Å². The van der Waals surface area contributed by atoms with Gasteiger partial charge in [0.2, 0.25) is 5.75 Å². The predicted molar refractivity (Wildman–Crippen MR) is 119 cm³/mol. The maximum Gasteiger partial charge on any atom is 0.251 e. The number of carbonyl (C=O) groups excluding carboxylic acids is 1. The highest BCUT2D eigenvalue weighted by atomic mass is 32.1. The fourth-order valence-electron chi connectivity index (χ4n) is 3.64. The third-order valence-corrected chi connectivity index (χ3v) is 5.76. The highest BCUT2D eigenvalue weighted by Crippen LogP contribution is 2.39. The fourth-order valence-corrected chi connectivity index (χ4v) is 4.32. The first kappa shape index (κ1) is 22.2. The molecule has 0 spiro atoms. The van der Waals surface area contributed by atoms with E-state index in [2.05, 4.69) is 15.2 Å². The molecule has 1 aliphatic heterocycles. The van der Waals surface area contributed by atoms with Gasteiger partial charge in [0.1, 0.15) is 0 Å². The van der Waals surface area contributed by atoms with E-state index in [9.17, 15) is 4.79 Å². The lowest BCUT2D eigenvalue weighted by molar-refractivity contribution is 0.0944. The van der Waals surface area contributed by atoms with E-state index >= 15 is 0 Å². The Labute approximate surface area is 182 Å². The highest BCUT2D eigenvalue weighted by Gasteiger charge is 2.23. The summed E-state index contributed by atoms with van der Waals surface area (Å²) in [5.41, 5.74) is 0.512. The van der Waals surface area contributed by atoms with E-state index in [1.807, 2.05) is 32.3 Å². The van der Waals surface area contributed by atoms with Crippen LogP contribution in [0.25, 0.3) is 0 Å². The average Bonchev–Trinajstić information content (AvgIpc) is 3.30. The summed E-state index contributed by atoms with van der Waals surface area (Å²) >= 11 is 1.66. The molecule has 1 aromatic heterocycles. The Bertz CT molecular complexity index is 786. The van der Waals surface area contributed by atoms with E-state index < -0.39 is 0 Å². The number of nitrogens with zero attached hydrogens (tertiary/aromatic N) is 2. The minimum absolute atomic E-state index is 0.133. The van der Waals surface area contributed by atoms with Gasteiger partial charge in [-0.05, 0) is 51.7 Å². The third-order valence-electron chi connectivity index (χ3n) is 4.93. The molecule has 2 aromatic rings. The molecule has 0 aliphatic carbocycles. The van der Waals surface area contributed by atoms with E-state index in [1.54, 1.807) is 23.5 Å². The maximum atomic E-state index is 12.9. The van der Waals surface area contributed by atoms with Gasteiger partial charge in [-0.3, -0.25) is 4.79 Å². The number of rotatable bonds is 10. The Kier molecular flexibility index (Phi) is 8.19. The highest BCUT2D eigenvalue weighted by molar-refractivity contribution is 7.13. The Morgan fingerprint density at radius 2 is 1.87 bits per heavy atom. The molecule has 0 unspecified atom stereocenters. The number of ether oxygens (including phenoxy) is 3. The summed E-state index contributed by atoms with van der Waals surface area (Å²) in [5.74, 6) is 1.87. The van der Waals surface area contributed by atoms with Crippen molar-refractivity contribution in [2.24, 2.45) is 5.92 Å². The molecule has 1 N–H and O–H groups in total. The number of carbonyl (C=O) groups is 1. The molecular formula is C22H31N3O4S. The van der Waals surface area contributed by atoms with Crippen LogP contribution in [0.1, 0.15) is 44.0 Å². The van der Waals surface area contributed by atoms with Gasteiger partial charge in [0, 0.05) is 36.8 Å². The van der Waals surface area contributed by atoms with Crippen LogP contribution in [0.5, 0.6) is 17.2 Å². The van der Waals surface area contributed by atoms with Gasteiger partial charge in [-0.25, -0.2) is 4.98 Å². The van der Waals surface area contributed by atoms with Crippen LogP contribution in [0.15, 0.2) is 23.7 Å². The van der Waals surface area contributed by atoms with Crippen molar-refractivity contribution in [1.29, 1.82) is 0 Å². The molecule has 0 saturated carbocycles. The number of benzene rings is 1. The maximum absolute atomic E-state index is 12.9. The van der Waals surface area contributed by atoms with Gasteiger partial charge >= 0.3 is 0 Å². The normalized spacial score (nSPS) is 16.2. The Morgan fingerprint density at radius 1 is 1.17 bits per heavy atom. The minimum atomic E-state index is -0.133. The number of aromatic nitrogens is 1. The molecule has 30 heavy (non-hydrogen) atoms. The second kappa shape index (κ2) is 11.1. The number of hydrogen-bond donors (Lipinski definition) is 1. The Hall–Kier alpha value is -2.48. The molecule has 0 bridgehead atoms. The van der Waals surface area contributed by atoms with Crippen molar-refractivity contribution < 1.29 is 19.0 Å². The summed E-state index contributed by atoms with van der Waals surface area (Å²) in [6.07, 6.45) is 4.04. The quantitative estimate of drug-likeness (QED) is 0.611. The van der Waals surface area contributed by atoms with Crippen LogP contribution in [0.2, 0.25) is 0 Å². The minimum Gasteiger partial charge on any atom is -0.490 e. The van der Waals surface area contributed by atoms with Crippen LogP contribution >= 0.6 is 11.3 Å². The van der Waals surface area contributed by atoms with E-state index in [-0.39, 0.29) is 5.91 Å². The number of nitrogens with one attached hydrogen (secondary N) is 1. The second-order valence-corrected chi connectivity index (χ2v) is 7.95. The van der Waals surface area contributed by atoms with Crippen LogP contribution in [0, 0.1) is 5.92 Å². The average molecular weight is 434 g/mol. The van der Waals surface area contributed by atoms with Crippen LogP contribution in [0.3, 0.4) is 0 Å². The number of anilines is 1. The summed E-state index contributed by atoms with van der Waals surface area (Å²) in [6, 6.07) is 3.46. The van der Waals surface area contributed by atoms with Crippen molar-refractivity contribution in [3.05, 3.63) is 29.3 Å². The van der Waals surface area contributed by atoms with Gasteiger partial charge in [-0.2, -0.15) is 0 Å². The smallest absolute Gasteiger partial charge is 0.251 e. The number of piperidine rings is 1. The van der Waals surface area contributed by atoms with Crippen molar-refractivity contribution in [3.63, 3.8) is 0 Å². The molecule has 1 saturated heterocycles. The SMILES string of the molecule is CCOc1cc(C(=O)NC[C@@H]2CCCN(c3nccs3)C2)cc(OCC)c1OCC. The largest absolute Gasteiger partial charge is 0.490 e. The van der Waals surface area contributed by atoms with Crippen molar-refractivity contribution in [1.82, 2.24) is 10.3 Å². The zero-order valence-electron chi connectivity index (χ0n) is 18.0. The molecule has 1 fully saturated rings. The first-order chi connectivity index (χ1) is 14.7. The lowest BCUT2D eigenvalue weighted by atomic mass is 9.98. The van der Waals surface area contributed by atoms with Gasteiger partial charge in [-0.1, -0.05) is 0 Å². The Balaban J connectivity index is 1.68. The molecule has 1 atom stereocenters. The van der Waals surface area contributed by atoms with Crippen LogP contribution in [-0.4, -0.2) is 50.3 Å². The second-order valence-electron chi connectivity index (χ2n) is 7.08. The Morgan fingerprint density at radius 3 is 2.47 bits per heavy atom. The zero-order valence-corrected chi connectivity index (χ0v) is 18.8. The van der Waals surface area contributed by atoms with Crippen molar-refractivity contribution in [3.8, 4) is 17.2 Å². The summed E-state index contributed by atoms with van der Waals surface area (Å²) < 4.78 is 17.2. The molecule has 1 aliphatic rings. The van der Waals surface area contributed by atoms with Crippen molar-refractivity contribution in [2.45, 2.75) is 33.6 Å². The van der Waals surface area contributed by atoms with Gasteiger partial charge in [0.15, 0.2) is 16.6 Å². The third kappa shape index (κ3) is 5.56. The molecule has 3 rings (SSSR count). The summed E-state index contributed by atoms with van der Waals surface area (Å²) in [4.78, 5) is 19.6. The zero-order chi connectivity index (χ0) is 21.3. The van der Waals surface area contributed by atoms with Gasteiger partial charge < -0.3 is 24.4 Å². The van der Waals surface area contributed by atoms with E-state index in [4.69, 9.17) is 14.2 Å². The molecule has 164 valence electrons. The lowest BCUT2D eigenvalue weighted by Crippen LogP contribution is -2.41.